The Morgan fingerprint density at radius 1 is 1.08 bits per heavy atom. The second kappa shape index (κ2) is 7.85. The van der Waals surface area contributed by atoms with E-state index in [1.165, 1.54) is 5.56 Å². The Hall–Kier alpha value is -2.43. The van der Waals surface area contributed by atoms with E-state index < -0.39 is 0 Å². The Kier molecular flexibility index (Phi) is 5.55. The smallest absolute Gasteiger partial charge is 0.336 e. The van der Waals surface area contributed by atoms with Crippen LogP contribution in [0, 0.1) is 13.8 Å². The van der Waals surface area contributed by atoms with E-state index in [4.69, 9.17) is 4.42 Å². The van der Waals surface area contributed by atoms with E-state index in [1.807, 2.05) is 26.0 Å². The lowest BCUT2D eigenvalue weighted by Crippen LogP contribution is -2.31. The monoisotopic (exact) mass is 350 g/mol. The molecule has 0 aliphatic heterocycles. The molecule has 0 unspecified atom stereocenters. The number of nitrogens with zero attached hydrogens (tertiary/aromatic N) is 1. The minimum Gasteiger partial charge on any atom is -0.422 e. The molecule has 0 saturated heterocycles. The maximum absolute atomic E-state index is 12.0. The van der Waals surface area contributed by atoms with Crippen LogP contribution in [-0.4, -0.2) is 25.5 Å². The lowest BCUT2D eigenvalue weighted by molar-refractivity contribution is 0.288. The van der Waals surface area contributed by atoms with Gasteiger partial charge in [-0.3, -0.25) is 0 Å². The second-order valence-electron chi connectivity index (χ2n) is 7.00. The molecule has 0 bridgehead atoms. The molecular formula is C22H26N2O2. The molecule has 2 aromatic carbocycles. The van der Waals surface area contributed by atoms with Gasteiger partial charge in [0.15, 0.2) is 0 Å². The summed E-state index contributed by atoms with van der Waals surface area (Å²) in [6, 6.07) is 16.4. The number of fused-ring (bicyclic) bond motifs is 1. The van der Waals surface area contributed by atoms with Crippen LogP contribution < -0.4 is 10.9 Å². The van der Waals surface area contributed by atoms with Gasteiger partial charge in [0.1, 0.15) is 5.58 Å². The molecule has 1 heterocycles. The summed E-state index contributed by atoms with van der Waals surface area (Å²) in [5.74, 6) is 0. The zero-order valence-electron chi connectivity index (χ0n) is 15.9. The summed E-state index contributed by atoms with van der Waals surface area (Å²) in [5.41, 5.74) is 4.80. The van der Waals surface area contributed by atoms with Crippen molar-refractivity contribution in [2.45, 2.75) is 26.4 Å². The van der Waals surface area contributed by atoms with E-state index >= 15 is 0 Å². The predicted molar refractivity (Wildman–Crippen MR) is 107 cm³/mol. The summed E-state index contributed by atoms with van der Waals surface area (Å²) in [7, 11) is 4.16. The molecule has 0 aliphatic carbocycles. The van der Waals surface area contributed by atoms with Crippen LogP contribution in [-0.2, 0) is 6.54 Å². The minimum atomic E-state index is -0.296. The Labute approximate surface area is 154 Å². The van der Waals surface area contributed by atoms with E-state index in [9.17, 15) is 4.79 Å². The van der Waals surface area contributed by atoms with Crippen LogP contribution in [0.25, 0.3) is 11.0 Å². The lowest BCUT2D eigenvalue weighted by Gasteiger charge is -2.25. The zero-order chi connectivity index (χ0) is 18.7. The van der Waals surface area contributed by atoms with Crippen molar-refractivity contribution in [3.05, 3.63) is 81.2 Å². The van der Waals surface area contributed by atoms with Gasteiger partial charge in [-0.15, -0.1) is 0 Å². The van der Waals surface area contributed by atoms with Gasteiger partial charge in [-0.1, -0.05) is 42.5 Å². The molecule has 1 aromatic heterocycles. The molecule has 1 atom stereocenters. The molecular weight excluding hydrogens is 324 g/mol. The number of benzene rings is 2. The third kappa shape index (κ3) is 3.87. The fourth-order valence-electron chi connectivity index (χ4n) is 3.29. The van der Waals surface area contributed by atoms with Gasteiger partial charge in [-0.25, -0.2) is 4.79 Å². The van der Waals surface area contributed by atoms with Crippen molar-refractivity contribution in [2.75, 3.05) is 20.6 Å². The fraction of sp³-hybridized carbons (Fsp3) is 0.318. The topological polar surface area (TPSA) is 45.5 Å². The molecule has 0 fully saturated rings. The average molecular weight is 350 g/mol. The van der Waals surface area contributed by atoms with Crippen LogP contribution in [0.15, 0.2) is 57.7 Å². The molecule has 1 N–H and O–H groups in total. The Morgan fingerprint density at radius 2 is 1.81 bits per heavy atom. The molecule has 0 aliphatic rings. The maximum Gasteiger partial charge on any atom is 0.336 e. The molecule has 3 aromatic rings. The predicted octanol–water partition coefficient (Wildman–Crippen LogP) is 3.80. The quantitative estimate of drug-likeness (QED) is 0.687. The summed E-state index contributed by atoms with van der Waals surface area (Å²) in [6.07, 6.45) is 0. The molecule has 0 saturated carbocycles. The maximum atomic E-state index is 12.0. The molecule has 3 rings (SSSR count). The van der Waals surface area contributed by atoms with Crippen molar-refractivity contribution < 1.29 is 4.42 Å². The standard InChI is InChI=1S/C22H26N2O2/c1-15-10-11-19-18(12-21(25)26-22(19)16(15)2)13-23-14-20(24(3)4)17-8-6-5-7-9-17/h5-12,20,23H,13-14H2,1-4H3/t20-/m1/s1. The molecule has 0 amide bonds. The van der Waals surface area contributed by atoms with E-state index in [0.29, 0.717) is 12.1 Å². The number of nitrogens with one attached hydrogen (secondary N) is 1. The third-order valence-corrected chi connectivity index (χ3v) is 4.98. The first-order chi connectivity index (χ1) is 12.5. The van der Waals surface area contributed by atoms with Gasteiger partial charge >= 0.3 is 5.63 Å². The molecule has 136 valence electrons. The van der Waals surface area contributed by atoms with Crippen molar-refractivity contribution in [3.63, 3.8) is 0 Å². The highest BCUT2D eigenvalue weighted by Gasteiger charge is 2.14. The Morgan fingerprint density at radius 3 is 2.50 bits per heavy atom. The first-order valence-corrected chi connectivity index (χ1v) is 8.92. The van der Waals surface area contributed by atoms with Crippen molar-refractivity contribution in [1.29, 1.82) is 0 Å². The molecule has 4 heteroatoms. The van der Waals surface area contributed by atoms with Crippen LogP contribution in [0.2, 0.25) is 0 Å². The van der Waals surface area contributed by atoms with Crippen LogP contribution >= 0.6 is 0 Å². The average Bonchev–Trinajstić information content (AvgIpc) is 2.62. The molecule has 4 nitrogen and oxygen atoms in total. The highest BCUT2D eigenvalue weighted by atomic mass is 16.4. The summed E-state index contributed by atoms with van der Waals surface area (Å²) in [4.78, 5) is 14.2. The van der Waals surface area contributed by atoms with Crippen LogP contribution in [0.3, 0.4) is 0 Å². The van der Waals surface area contributed by atoms with E-state index in [2.05, 4.69) is 54.6 Å². The third-order valence-electron chi connectivity index (χ3n) is 4.98. The first-order valence-electron chi connectivity index (χ1n) is 8.92. The summed E-state index contributed by atoms with van der Waals surface area (Å²) < 4.78 is 5.46. The zero-order valence-corrected chi connectivity index (χ0v) is 15.9. The minimum absolute atomic E-state index is 0.270. The first kappa shape index (κ1) is 18.4. The largest absolute Gasteiger partial charge is 0.422 e. The summed E-state index contributed by atoms with van der Waals surface area (Å²) >= 11 is 0. The van der Waals surface area contributed by atoms with Gasteiger partial charge in [-0.05, 0) is 50.2 Å². The van der Waals surface area contributed by atoms with Gasteiger partial charge in [0.05, 0.1) is 0 Å². The van der Waals surface area contributed by atoms with Crippen LogP contribution in [0.4, 0.5) is 0 Å². The van der Waals surface area contributed by atoms with Gasteiger partial charge < -0.3 is 14.6 Å². The van der Waals surface area contributed by atoms with Crippen molar-refractivity contribution in [2.24, 2.45) is 0 Å². The summed E-state index contributed by atoms with van der Waals surface area (Å²) in [5, 5.41) is 4.51. The lowest BCUT2D eigenvalue weighted by atomic mass is 10.0. The summed E-state index contributed by atoms with van der Waals surface area (Å²) in [6.45, 7) is 5.45. The van der Waals surface area contributed by atoms with Crippen LogP contribution in [0.5, 0.6) is 0 Å². The number of hydrogen-bond donors (Lipinski definition) is 1. The fourth-order valence-corrected chi connectivity index (χ4v) is 3.29. The van der Waals surface area contributed by atoms with Crippen molar-refractivity contribution in [1.82, 2.24) is 10.2 Å². The number of rotatable bonds is 6. The normalized spacial score (nSPS) is 12.7. The highest BCUT2D eigenvalue weighted by Crippen LogP contribution is 2.23. The van der Waals surface area contributed by atoms with Crippen molar-refractivity contribution in [3.8, 4) is 0 Å². The highest BCUT2D eigenvalue weighted by molar-refractivity contribution is 5.83. The van der Waals surface area contributed by atoms with E-state index in [1.54, 1.807) is 6.07 Å². The van der Waals surface area contributed by atoms with Gasteiger partial charge in [0, 0.05) is 30.6 Å². The molecule has 0 spiro atoms. The molecule has 26 heavy (non-hydrogen) atoms. The number of likely N-dealkylation sites (N-methyl/N-ethyl adjacent to an activating group) is 1. The van der Waals surface area contributed by atoms with Gasteiger partial charge in [0.2, 0.25) is 0 Å². The van der Waals surface area contributed by atoms with E-state index in [-0.39, 0.29) is 11.7 Å². The van der Waals surface area contributed by atoms with Crippen molar-refractivity contribution >= 4 is 11.0 Å². The number of aryl methyl sites for hydroxylation is 2. The van der Waals surface area contributed by atoms with E-state index in [0.717, 1.165) is 28.6 Å². The Bertz CT molecular complexity index is 946. The van der Waals surface area contributed by atoms with Crippen LogP contribution in [0.1, 0.15) is 28.3 Å². The molecule has 0 radical (unpaired) electrons. The SMILES string of the molecule is Cc1ccc2c(CNC[C@H](c3ccccc3)N(C)C)cc(=O)oc2c1C. The number of hydrogen-bond acceptors (Lipinski definition) is 4. The second-order valence-corrected chi connectivity index (χ2v) is 7.00. The Balaban J connectivity index is 1.81. The van der Waals surface area contributed by atoms with Gasteiger partial charge in [0.25, 0.3) is 0 Å². The van der Waals surface area contributed by atoms with Gasteiger partial charge in [-0.2, -0.15) is 0 Å².